The molecular formula is C13H26N2O. The molecule has 1 unspecified atom stereocenters. The topological polar surface area (TPSA) is 24.5 Å². The first-order valence-corrected chi connectivity index (χ1v) is 6.80. The van der Waals surface area contributed by atoms with E-state index in [1.807, 2.05) is 0 Å². The number of rotatable bonds is 6. The molecular weight excluding hydrogens is 200 g/mol. The van der Waals surface area contributed by atoms with Gasteiger partial charge in [0.05, 0.1) is 6.61 Å². The molecule has 3 heteroatoms. The van der Waals surface area contributed by atoms with Gasteiger partial charge >= 0.3 is 0 Å². The van der Waals surface area contributed by atoms with Gasteiger partial charge in [0, 0.05) is 38.3 Å². The highest BCUT2D eigenvalue weighted by atomic mass is 16.5. The van der Waals surface area contributed by atoms with Gasteiger partial charge in [0.1, 0.15) is 0 Å². The molecule has 0 aromatic rings. The molecule has 94 valence electrons. The Labute approximate surface area is 99.5 Å². The van der Waals surface area contributed by atoms with Crippen molar-refractivity contribution < 1.29 is 4.74 Å². The van der Waals surface area contributed by atoms with Gasteiger partial charge in [-0.2, -0.15) is 0 Å². The van der Waals surface area contributed by atoms with Crippen molar-refractivity contribution in [3.8, 4) is 0 Å². The Kier molecular flexibility index (Phi) is 4.22. The molecule has 1 aliphatic carbocycles. The predicted molar refractivity (Wildman–Crippen MR) is 66.7 cm³/mol. The van der Waals surface area contributed by atoms with Crippen molar-refractivity contribution in [2.75, 3.05) is 39.4 Å². The second-order valence-electron chi connectivity index (χ2n) is 5.51. The summed E-state index contributed by atoms with van der Waals surface area (Å²) in [5.74, 6) is 0.923. The van der Waals surface area contributed by atoms with E-state index in [1.54, 1.807) is 0 Å². The molecule has 1 saturated heterocycles. The molecule has 1 N–H and O–H groups in total. The van der Waals surface area contributed by atoms with E-state index in [0.717, 1.165) is 38.6 Å². The standard InChI is InChI=1S/C13H26N2O/c1-3-9-16-10-8-15-7-6-14-13(2,11-15)12-4-5-12/h12,14H,3-11H2,1-2H3. The molecule has 2 fully saturated rings. The summed E-state index contributed by atoms with van der Waals surface area (Å²) >= 11 is 0. The van der Waals surface area contributed by atoms with Crippen LogP contribution in [0, 0.1) is 5.92 Å². The van der Waals surface area contributed by atoms with E-state index >= 15 is 0 Å². The predicted octanol–water partition coefficient (Wildman–Crippen LogP) is 1.49. The number of hydrogen-bond acceptors (Lipinski definition) is 3. The second-order valence-corrected chi connectivity index (χ2v) is 5.51. The Morgan fingerprint density at radius 3 is 2.88 bits per heavy atom. The maximum Gasteiger partial charge on any atom is 0.0593 e. The average Bonchev–Trinajstić information content (AvgIpc) is 3.09. The molecule has 1 atom stereocenters. The second kappa shape index (κ2) is 5.48. The average molecular weight is 226 g/mol. The lowest BCUT2D eigenvalue weighted by atomic mass is 9.93. The van der Waals surface area contributed by atoms with Crippen LogP contribution < -0.4 is 5.32 Å². The fourth-order valence-corrected chi connectivity index (χ4v) is 2.72. The van der Waals surface area contributed by atoms with Crippen LogP contribution in [0.3, 0.4) is 0 Å². The molecule has 0 bridgehead atoms. The summed E-state index contributed by atoms with van der Waals surface area (Å²) in [5.41, 5.74) is 0.378. The Balaban J connectivity index is 1.69. The molecule has 2 aliphatic rings. The minimum atomic E-state index is 0.378. The maximum atomic E-state index is 5.57. The van der Waals surface area contributed by atoms with Crippen LogP contribution in [-0.4, -0.2) is 49.8 Å². The highest BCUT2D eigenvalue weighted by molar-refractivity contribution is 5.01. The summed E-state index contributed by atoms with van der Waals surface area (Å²) in [6.07, 6.45) is 3.97. The van der Waals surface area contributed by atoms with Crippen LogP contribution in [0.5, 0.6) is 0 Å². The van der Waals surface area contributed by atoms with Gasteiger partial charge in [0.25, 0.3) is 0 Å². The molecule has 0 amide bonds. The number of hydrogen-bond donors (Lipinski definition) is 1. The van der Waals surface area contributed by atoms with E-state index in [-0.39, 0.29) is 0 Å². The summed E-state index contributed by atoms with van der Waals surface area (Å²) < 4.78 is 5.57. The molecule has 0 aromatic carbocycles. The molecule has 0 spiro atoms. The normalized spacial score (nSPS) is 31.9. The molecule has 3 nitrogen and oxygen atoms in total. The lowest BCUT2D eigenvalue weighted by molar-refractivity contribution is 0.0711. The van der Waals surface area contributed by atoms with Gasteiger partial charge in [-0.05, 0) is 32.1 Å². The number of piperazine rings is 1. The monoisotopic (exact) mass is 226 g/mol. The Morgan fingerprint density at radius 2 is 2.19 bits per heavy atom. The van der Waals surface area contributed by atoms with Gasteiger partial charge in [-0.15, -0.1) is 0 Å². The first-order valence-electron chi connectivity index (χ1n) is 6.80. The fraction of sp³-hybridized carbons (Fsp3) is 1.00. The molecule has 1 heterocycles. The van der Waals surface area contributed by atoms with Crippen molar-refractivity contribution in [2.45, 2.75) is 38.6 Å². The number of ether oxygens (including phenoxy) is 1. The van der Waals surface area contributed by atoms with Crippen LogP contribution >= 0.6 is 0 Å². The number of nitrogens with one attached hydrogen (secondary N) is 1. The molecule has 2 rings (SSSR count). The van der Waals surface area contributed by atoms with Gasteiger partial charge in [-0.1, -0.05) is 6.92 Å². The third-order valence-corrected chi connectivity index (χ3v) is 3.89. The zero-order chi connectivity index (χ0) is 11.4. The zero-order valence-electron chi connectivity index (χ0n) is 10.8. The van der Waals surface area contributed by atoms with E-state index in [9.17, 15) is 0 Å². The van der Waals surface area contributed by atoms with Crippen molar-refractivity contribution in [3.05, 3.63) is 0 Å². The van der Waals surface area contributed by atoms with E-state index in [2.05, 4.69) is 24.1 Å². The van der Waals surface area contributed by atoms with Gasteiger partial charge in [-0.25, -0.2) is 0 Å². The van der Waals surface area contributed by atoms with E-state index in [1.165, 1.54) is 25.9 Å². The van der Waals surface area contributed by atoms with Crippen LogP contribution in [0.1, 0.15) is 33.1 Å². The van der Waals surface area contributed by atoms with Crippen LogP contribution in [0.15, 0.2) is 0 Å². The molecule has 1 aliphatic heterocycles. The van der Waals surface area contributed by atoms with Gasteiger partial charge in [0.15, 0.2) is 0 Å². The van der Waals surface area contributed by atoms with Gasteiger partial charge < -0.3 is 10.1 Å². The lowest BCUT2D eigenvalue weighted by Crippen LogP contribution is -2.60. The highest BCUT2D eigenvalue weighted by Gasteiger charge is 2.43. The third-order valence-electron chi connectivity index (χ3n) is 3.89. The first kappa shape index (κ1) is 12.3. The molecule has 0 aromatic heterocycles. The van der Waals surface area contributed by atoms with E-state index in [4.69, 9.17) is 4.74 Å². The molecule has 16 heavy (non-hydrogen) atoms. The smallest absolute Gasteiger partial charge is 0.0593 e. The van der Waals surface area contributed by atoms with Crippen molar-refractivity contribution in [1.29, 1.82) is 0 Å². The summed E-state index contributed by atoms with van der Waals surface area (Å²) in [7, 11) is 0. The van der Waals surface area contributed by atoms with E-state index < -0.39 is 0 Å². The lowest BCUT2D eigenvalue weighted by Gasteiger charge is -2.42. The number of nitrogens with zero attached hydrogens (tertiary/aromatic N) is 1. The third kappa shape index (κ3) is 3.19. The van der Waals surface area contributed by atoms with Crippen molar-refractivity contribution in [1.82, 2.24) is 10.2 Å². The van der Waals surface area contributed by atoms with Crippen LogP contribution in [0.2, 0.25) is 0 Å². The Hall–Kier alpha value is -0.120. The highest BCUT2D eigenvalue weighted by Crippen LogP contribution is 2.40. The molecule has 0 radical (unpaired) electrons. The molecule has 1 saturated carbocycles. The minimum absolute atomic E-state index is 0.378. The van der Waals surface area contributed by atoms with Crippen molar-refractivity contribution >= 4 is 0 Å². The Bertz CT molecular complexity index is 218. The zero-order valence-corrected chi connectivity index (χ0v) is 10.8. The summed E-state index contributed by atoms with van der Waals surface area (Å²) in [6, 6.07) is 0. The van der Waals surface area contributed by atoms with Crippen LogP contribution in [-0.2, 0) is 4.74 Å². The van der Waals surface area contributed by atoms with Crippen molar-refractivity contribution in [3.63, 3.8) is 0 Å². The summed E-state index contributed by atoms with van der Waals surface area (Å²) in [5, 5.41) is 3.71. The van der Waals surface area contributed by atoms with Gasteiger partial charge in [0.2, 0.25) is 0 Å². The Morgan fingerprint density at radius 1 is 1.38 bits per heavy atom. The van der Waals surface area contributed by atoms with Crippen LogP contribution in [0.4, 0.5) is 0 Å². The first-order chi connectivity index (χ1) is 7.74. The fourth-order valence-electron chi connectivity index (χ4n) is 2.72. The maximum absolute atomic E-state index is 5.57. The quantitative estimate of drug-likeness (QED) is 0.694. The summed E-state index contributed by atoms with van der Waals surface area (Å²) in [6.45, 7) is 11.0. The SMILES string of the molecule is CCCOCCN1CCNC(C)(C2CC2)C1. The van der Waals surface area contributed by atoms with Gasteiger partial charge in [-0.3, -0.25) is 4.90 Å². The summed E-state index contributed by atoms with van der Waals surface area (Å²) in [4.78, 5) is 2.56. The van der Waals surface area contributed by atoms with E-state index in [0.29, 0.717) is 5.54 Å². The van der Waals surface area contributed by atoms with Crippen molar-refractivity contribution in [2.24, 2.45) is 5.92 Å². The largest absolute Gasteiger partial charge is 0.380 e. The minimum Gasteiger partial charge on any atom is -0.380 e. The van der Waals surface area contributed by atoms with Crippen LogP contribution in [0.25, 0.3) is 0 Å².